The van der Waals surface area contributed by atoms with Gasteiger partial charge in [0.1, 0.15) is 5.82 Å². The predicted octanol–water partition coefficient (Wildman–Crippen LogP) is 3.27. The summed E-state index contributed by atoms with van der Waals surface area (Å²) in [6.07, 6.45) is 2.37. The monoisotopic (exact) mass is 348 g/mol. The summed E-state index contributed by atoms with van der Waals surface area (Å²) in [5.41, 5.74) is 4.99. The Kier molecular flexibility index (Phi) is 4.71. The number of nitrogens with one attached hydrogen (secondary N) is 3. The molecule has 1 aliphatic rings. The van der Waals surface area contributed by atoms with Gasteiger partial charge < -0.3 is 15.6 Å². The van der Waals surface area contributed by atoms with Gasteiger partial charge >= 0.3 is 0 Å². The molecule has 1 aliphatic heterocycles. The topological polar surface area (TPSA) is 69.8 Å². The molecule has 0 radical (unpaired) electrons. The Morgan fingerprint density at radius 1 is 1.27 bits per heavy atom. The largest absolute Gasteiger partial charge is 0.348 e. The van der Waals surface area contributed by atoms with Crippen molar-refractivity contribution in [2.24, 2.45) is 0 Å². The van der Waals surface area contributed by atoms with Gasteiger partial charge in [-0.05, 0) is 67.6 Å². The molecular weight excluding hydrogens is 324 g/mol. The maximum absolute atomic E-state index is 12.6. The number of amides is 1. The highest BCUT2D eigenvalue weighted by molar-refractivity contribution is 5.94. The van der Waals surface area contributed by atoms with Gasteiger partial charge in [-0.2, -0.15) is 0 Å². The number of imidazole rings is 1. The minimum atomic E-state index is -0.0310. The molecule has 0 saturated carbocycles. The Labute approximate surface area is 153 Å². The fraction of sp³-hybridized carbons (Fsp3) is 0.333. The zero-order chi connectivity index (χ0) is 17.9. The Balaban J connectivity index is 1.43. The molecule has 0 spiro atoms. The van der Waals surface area contributed by atoms with E-state index in [0.717, 1.165) is 41.1 Å². The van der Waals surface area contributed by atoms with Crippen molar-refractivity contribution in [1.29, 1.82) is 0 Å². The molecule has 26 heavy (non-hydrogen) atoms. The normalized spacial score (nSPS) is 17.3. The van der Waals surface area contributed by atoms with Gasteiger partial charge in [-0.3, -0.25) is 4.79 Å². The van der Waals surface area contributed by atoms with Gasteiger partial charge in [0.15, 0.2) is 0 Å². The fourth-order valence-corrected chi connectivity index (χ4v) is 3.65. The van der Waals surface area contributed by atoms with Crippen LogP contribution in [0.3, 0.4) is 0 Å². The number of carbonyl (C=O) groups excluding carboxylic acids is 1. The number of hydrogen-bond donors (Lipinski definition) is 3. The average Bonchev–Trinajstić information content (AvgIpc) is 3.06. The van der Waals surface area contributed by atoms with Crippen molar-refractivity contribution < 1.29 is 4.79 Å². The second-order valence-electron chi connectivity index (χ2n) is 7.03. The van der Waals surface area contributed by atoms with E-state index in [9.17, 15) is 4.79 Å². The molecule has 5 heteroatoms. The molecule has 1 atom stereocenters. The lowest BCUT2D eigenvalue weighted by molar-refractivity contribution is 0.0951. The summed E-state index contributed by atoms with van der Waals surface area (Å²) in [7, 11) is 0. The van der Waals surface area contributed by atoms with Gasteiger partial charge in [-0.15, -0.1) is 0 Å². The number of hydrogen-bond acceptors (Lipinski definition) is 3. The summed E-state index contributed by atoms with van der Waals surface area (Å²) in [6.45, 7) is 4.53. The second kappa shape index (κ2) is 7.30. The third-order valence-electron chi connectivity index (χ3n) is 5.03. The lowest BCUT2D eigenvalue weighted by atomic mass is 9.90. The van der Waals surface area contributed by atoms with Crippen LogP contribution in [0.2, 0.25) is 0 Å². The van der Waals surface area contributed by atoms with E-state index in [1.54, 1.807) is 0 Å². The van der Waals surface area contributed by atoms with Crippen LogP contribution in [-0.4, -0.2) is 29.0 Å². The first kappa shape index (κ1) is 16.8. The van der Waals surface area contributed by atoms with Crippen molar-refractivity contribution in [3.63, 3.8) is 0 Å². The Bertz CT molecular complexity index is 925. The van der Waals surface area contributed by atoms with Crippen LogP contribution in [0.25, 0.3) is 11.0 Å². The highest BCUT2D eigenvalue weighted by Gasteiger charge is 2.16. The van der Waals surface area contributed by atoms with E-state index in [1.807, 2.05) is 43.3 Å². The van der Waals surface area contributed by atoms with E-state index < -0.39 is 0 Å². The number of fused-ring (bicyclic) bond motifs is 1. The zero-order valence-corrected chi connectivity index (χ0v) is 15.0. The number of benzene rings is 2. The molecule has 2 heterocycles. The van der Waals surface area contributed by atoms with E-state index in [2.05, 4.69) is 26.7 Å². The van der Waals surface area contributed by atoms with E-state index in [4.69, 9.17) is 0 Å². The Hall–Kier alpha value is -2.66. The summed E-state index contributed by atoms with van der Waals surface area (Å²) in [6, 6.07) is 14.1. The highest BCUT2D eigenvalue weighted by Crippen LogP contribution is 2.24. The second-order valence-corrected chi connectivity index (χ2v) is 7.03. The first-order valence-corrected chi connectivity index (χ1v) is 9.23. The molecule has 2 aromatic carbocycles. The van der Waals surface area contributed by atoms with Gasteiger partial charge in [-0.25, -0.2) is 4.98 Å². The van der Waals surface area contributed by atoms with Crippen molar-refractivity contribution in [3.05, 3.63) is 65.0 Å². The summed E-state index contributed by atoms with van der Waals surface area (Å²) in [5, 5.41) is 6.46. The lowest BCUT2D eigenvalue weighted by Gasteiger charge is -2.23. The highest BCUT2D eigenvalue weighted by atomic mass is 16.1. The Morgan fingerprint density at radius 3 is 3.04 bits per heavy atom. The molecule has 134 valence electrons. The molecule has 1 aromatic heterocycles. The lowest BCUT2D eigenvalue weighted by Crippen LogP contribution is -2.28. The van der Waals surface area contributed by atoms with Crippen LogP contribution in [0.4, 0.5) is 0 Å². The standard InChI is InChI=1S/C21H24N4O/c1-14-24-19-8-7-15(10-20(19)25-14)12-23-21(26)17-5-2-4-16(11-17)18-6-3-9-22-13-18/h2,4-5,7-8,10-11,18,22H,3,6,9,12-13H2,1H3,(H,23,26)(H,24,25). The SMILES string of the molecule is Cc1nc2ccc(CNC(=O)c3cccc(C4CCCNC4)c3)cc2[nH]1. The number of aryl methyl sites for hydroxylation is 1. The minimum absolute atomic E-state index is 0.0310. The van der Waals surface area contributed by atoms with Crippen molar-refractivity contribution in [3.8, 4) is 0 Å². The first-order chi connectivity index (χ1) is 12.7. The van der Waals surface area contributed by atoms with Crippen LogP contribution in [0, 0.1) is 6.92 Å². The van der Waals surface area contributed by atoms with Gasteiger partial charge in [0.05, 0.1) is 11.0 Å². The molecule has 1 fully saturated rings. The van der Waals surface area contributed by atoms with Crippen molar-refractivity contribution >= 4 is 16.9 Å². The van der Waals surface area contributed by atoms with Gasteiger partial charge in [-0.1, -0.05) is 18.2 Å². The molecule has 1 saturated heterocycles. The summed E-state index contributed by atoms with van der Waals surface area (Å²) in [4.78, 5) is 20.2. The van der Waals surface area contributed by atoms with Gasteiger partial charge in [0, 0.05) is 18.7 Å². The van der Waals surface area contributed by atoms with Crippen molar-refractivity contribution in [1.82, 2.24) is 20.6 Å². The average molecular weight is 348 g/mol. The molecule has 3 aromatic rings. The predicted molar refractivity (Wildman–Crippen MR) is 103 cm³/mol. The molecule has 0 bridgehead atoms. The smallest absolute Gasteiger partial charge is 0.251 e. The van der Waals surface area contributed by atoms with Crippen LogP contribution in [0.5, 0.6) is 0 Å². The molecular formula is C21H24N4O. The van der Waals surface area contributed by atoms with E-state index >= 15 is 0 Å². The van der Waals surface area contributed by atoms with Crippen LogP contribution in [0.15, 0.2) is 42.5 Å². The van der Waals surface area contributed by atoms with E-state index in [-0.39, 0.29) is 5.91 Å². The first-order valence-electron chi connectivity index (χ1n) is 9.23. The van der Waals surface area contributed by atoms with E-state index in [0.29, 0.717) is 12.5 Å². The molecule has 3 N–H and O–H groups in total. The van der Waals surface area contributed by atoms with Crippen LogP contribution in [-0.2, 0) is 6.54 Å². The Morgan fingerprint density at radius 2 is 2.19 bits per heavy atom. The number of aromatic nitrogens is 2. The van der Waals surface area contributed by atoms with Crippen LogP contribution < -0.4 is 10.6 Å². The molecule has 0 aliphatic carbocycles. The number of piperidine rings is 1. The number of rotatable bonds is 4. The molecule has 4 rings (SSSR count). The number of nitrogens with zero attached hydrogens (tertiary/aromatic N) is 1. The number of aromatic amines is 1. The summed E-state index contributed by atoms with van der Waals surface area (Å²) < 4.78 is 0. The molecule has 5 nitrogen and oxygen atoms in total. The zero-order valence-electron chi connectivity index (χ0n) is 15.0. The molecule has 1 unspecified atom stereocenters. The molecule has 1 amide bonds. The fourth-order valence-electron chi connectivity index (χ4n) is 3.65. The third-order valence-corrected chi connectivity index (χ3v) is 5.03. The summed E-state index contributed by atoms with van der Waals surface area (Å²) in [5.74, 6) is 1.37. The quantitative estimate of drug-likeness (QED) is 0.678. The van der Waals surface area contributed by atoms with Crippen molar-refractivity contribution in [2.75, 3.05) is 13.1 Å². The number of carbonyl (C=O) groups is 1. The van der Waals surface area contributed by atoms with Crippen LogP contribution >= 0.6 is 0 Å². The summed E-state index contributed by atoms with van der Waals surface area (Å²) >= 11 is 0. The minimum Gasteiger partial charge on any atom is -0.348 e. The maximum atomic E-state index is 12.6. The maximum Gasteiger partial charge on any atom is 0.251 e. The van der Waals surface area contributed by atoms with Gasteiger partial charge in [0.2, 0.25) is 0 Å². The third kappa shape index (κ3) is 3.63. The van der Waals surface area contributed by atoms with Crippen LogP contribution in [0.1, 0.15) is 46.1 Å². The van der Waals surface area contributed by atoms with E-state index in [1.165, 1.54) is 18.4 Å². The number of H-pyrrole nitrogens is 1. The van der Waals surface area contributed by atoms with Crippen molar-refractivity contribution in [2.45, 2.75) is 32.2 Å². The van der Waals surface area contributed by atoms with Gasteiger partial charge in [0.25, 0.3) is 5.91 Å².